The predicted molar refractivity (Wildman–Crippen MR) is 41.1 cm³/mol. The van der Waals surface area contributed by atoms with E-state index in [4.69, 9.17) is 23.2 Å². The van der Waals surface area contributed by atoms with Gasteiger partial charge in [0.25, 0.3) is 0 Å². The van der Waals surface area contributed by atoms with Gasteiger partial charge in [0, 0.05) is 6.04 Å². The number of rotatable bonds is 1. The van der Waals surface area contributed by atoms with Crippen LogP contribution in [0.3, 0.4) is 0 Å². The number of halogens is 2. The van der Waals surface area contributed by atoms with Crippen molar-refractivity contribution >= 4 is 23.2 Å². The van der Waals surface area contributed by atoms with E-state index in [2.05, 4.69) is 11.9 Å². The molecular formula is C6H11Cl2N. The van der Waals surface area contributed by atoms with Gasteiger partial charge in [-0.1, -0.05) is 0 Å². The quantitative estimate of drug-likeness (QED) is 0.540. The average molecular weight is 168 g/mol. The van der Waals surface area contributed by atoms with E-state index >= 15 is 0 Å². The largest absolute Gasteiger partial charge is 0.301 e. The van der Waals surface area contributed by atoms with Gasteiger partial charge in [-0.25, -0.2) is 0 Å². The number of alkyl halides is 2. The lowest BCUT2D eigenvalue weighted by Gasteiger charge is -2.19. The summed E-state index contributed by atoms with van der Waals surface area (Å²) in [6, 6.07) is 0.397. The van der Waals surface area contributed by atoms with Crippen LogP contribution >= 0.6 is 23.2 Å². The molecule has 1 unspecified atom stereocenters. The third kappa shape index (κ3) is 1.73. The Morgan fingerprint density at radius 1 is 1.56 bits per heavy atom. The molecule has 0 aromatic carbocycles. The van der Waals surface area contributed by atoms with Gasteiger partial charge in [0.05, 0.1) is 0 Å². The Kier molecular flexibility index (Phi) is 2.62. The first kappa shape index (κ1) is 7.64. The predicted octanol–water partition coefficient (Wildman–Crippen LogP) is 1.88. The molecule has 0 bridgehead atoms. The van der Waals surface area contributed by atoms with Crippen LogP contribution in [-0.2, 0) is 0 Å². The Morgan fingerprint density at radius 2 is 2.22 bits per heavy atom. The molecular weight excluding hydrogens is 157 g/mol. The van der Waals surface area contributed by atoms with Crippen molar-refractivity contribution < 1.29 is 0 Å². The van der Waals surface area contributed by atoms with E-state index in [1.165, 1.54) is 6.42 Å². The fourth-order valence-corrected chi connectivity index (χ4v) is 1.89. The first-order chi connectivity index (χ1) is 4.22. The van der Waals surface area contributed by atoms with Gasteiger partial charge < -0.3 is 4.90 Å². The van der Waals surface area contributed by atoms with E-state index in [0.717, 1.165) is 13.0 Å². The molecule has 0 spiro atoms. The number of likely N-dealkylation sites (tertiary alicyclic amines) is 1. The molecule has 0 radical (unpaired) electrons. The number of hydrogen-bond acceptors (Lipinski definition) is 1. The molecule has 0 aromatic rings. The SMILES string of the molecule is CN1CCCC1C(Cl)Cl. The summed E-state index contributed by atoms with van der Waals surface area (Å²) in [5, 5.41) is 0. The standard InChI is InChI=1S/C6H11Cl2N/c1-9-4-2-3-5(9)6(7)8/h5-6H,2-4H2,1H3. The van der Waals surface area contributed by atoms with E-state index in [1.54, 1.807) is 0 Å². The molecule has 9 heavy (non-hydrogen) atoms. The van der Waals surface area contributed by atoms with E-state index in [9.17, 15) is 0 Å². The van der Waals surface area contributed by atoms with Crippen molar-refractivity contribution in [2.45, 2.75) is 23.7 Å². The Hall–Kier alpha value is 0.540. The minimum atomic E-state index is -0.211. The molecule has 1 heterocycles. The highest BCUT2D eigenvalue weighted by Crippen LogP contribution is 2.23. The van der Waals surface area contributed by atoms with Crippen LogP contribution in [0.2, 0.25) is 0 Å². The Balaban J connectivity index is 2.40. The van der Waals surface area contributed by atoms with Crippen LogP contribution in [0.5, 0.6) is 0 Å². The van der Waals surface area contributed by atoms with Crippen molar-refractivity contribution in [2.75, 3.05) is 13.6 Å². The summed E-state index contributed by atoms with van der Waals surface area (Å²) in [4.78, 5) is 2.00. The Morgan fingerprint density at radius 3 is 2.44 bits per heavy atom. The molecule has 1 saturated heterocycles. The van der Waals surface area contributed by atoms with Gasteiger partial charge in [-0.3, -0.25) is 0 Å². The minimum Gasteiger partial charge on any atom is -0.301 e. The fraction of sp³-hybridized carbons (Fsp3) is 1.00. The second kappa shape index (κ2) is 3.09. The van der Waals surface area contributed by atoms with Gasteiger partial charge in [-0.15, -0.1) is 23.2 Å². The van der Waals surface area contributed by atoms with Gasteiger partial charge >= 0.3 is 0 Å². The molecule has 0 aliphatic carbocycles. The van der Waals surface area contributed by atoms with Crippen LogP contribution in [0, 0.1) is 0 Å². The smallest absolute Gasteiger partial charge is 0.123 e. The van der Waals surface area contributed by atoms with Crippen molar-refractivity contribution in [1.29, 1.82) is 0 Å². The number of nitrogens with zero attached hydrogens (tertiary/aromatic N) is 1. The van der Waals surface area contributed by atoms with Gasteiger partial charge in [0.1, 0.15) is 4.84 Å². The van der Waals surface area contributed by atoms with Crippen molar-refractivity contribution in [3.63, 3.8) is 0 Å². The Labute approximate surface area is 65.9 Å². The summed E-state index contributed by atoms with van der Waals surface area (Å²) in [5.74, 6) is 0. The molecule has 0 amide bonds. The molecule has 1 aliphatic heterocycles. The van der Waals surface area contributed by atoms with E-state index < -0.39 is 0 Å². The maximum atomic E-state index is 5.70. The molecule has 1 aliphatic rings. The molecule has 1 atom stereocenters. The van der Waals surface area contributed by atoms with Crippen LogP contribution in [0.25, 0.3) is 0 Å². The third-order valence-electron chi connectivity index (χ3n) is 1.87. The minimum absolute atomic E-state index is 0.211. The Bertz CT molecular complexity index is 95.1. The molecule has 1 rings (SSSR count). The summed E-state index contributed by atoms with van der Waals surface area (Å²) in [6.45, 7) is 1.14. The van der Waals surface area contributed by atoms with E-state index in [-0.39, 0.29) is 4.84 Å². The van der Waals surface area contributed by atoms with Crippen molar-refractivity contribution in [3.8, 4) is 0 Å². The van der Waals surface area contributed by atoms with Gasteiger partial charge in [0.15, 0.2) is 0 Å². The van der Waals surface area contributed by atoms with Gasteiger partial charge in [-0.05, 0) is 26.4 Å². The molecule has 3 heteroatoms. The molecule has 0 aromatic heterocycles. The van der Waals surface area contributed by atoms with Crippen LogP contribution < -0.4 is 0 Å². The van der Waals surface area contributed by atoms with E-state index in [1.807, 2.05) is 0 Å². The van der Waals surface area contributed by atoms with E-state index in [0.29, 0.717) is 6.04 Å². The maximum absolute atomic E-state index is 5.70. The zero-order chi connectivity index (χ0) is 6.85. The average Bonchev–Trinajstić information content (AvgIpc) is 2.13. The van der Waals surface area contributed by atoms with Crippen molar-refractivity contribution in [2.24, 2.45) is 0 Å². The normalized spacial score (nSPS) is 30.0. The summed E-state index contributed by atoms with van der Waals surface area (Å²) in [5.41, 5.74) is 0. The highest BCUT2D eigenvalue weighted by Gasteiger charge is 2.25. The van der Waals surface area contributed by atoms with Crippen molar-refractivity contribution in [1.82, 2.24) is 4.90 Å². The zero-order valence-electron chi connectivity index (χ0n) is 5.48. The van der Waals surface area contributed by atoms with Crippen LogP contribution in [0.15, 0.2) is 0 Å². The number of hydrogen-bond donors (Lipinski definition) is 0. The summed E-state index contributed by atoms with van der Waals surface area (Å²) in [7, 11) is 2.06. The first-order valence-electron chi connectivity index (χ1n) is 3.20. The monoisotopic (exact) mass is 167 g/mol. The summed E-state index contributed by atoms with van der Waals surface area (Å²) in [6.07, 6.45) is 2.38. The van der Waals surface area contributed by atoms with Crippen molar-refractivity contribution in [3.05, 3.63) is 0 Å². The third-order valence-corrected chi connectivity index (χ3v) is 2.45. The lowest BCUT2D eigenvalue weighted by atomic mass is 10.2. The first-order valence-corrected chi connectivity index (χ1v) is 4.07. The van der Waals surface area contributed by atoms with Crippen LogP contribution in [-0.4, -0.2) is 29.4 Å². The molecule has 1 fully saturated rings. The molecule has 54 valence electrons. The topological polar surface area (TPSA) is 3.24 Å². The molecule has 1 nitrogen and oxygen atoms in total. The lowest BCUT2D eigenvalue weighted by Crippen LogP contribution is -2.30. The highest BCUT2D eigenvalue weighted by molar-refractivity contribution is 6.44. The van der Waals surface area contributed by atoms with Gasteiger partial charge in [-0.2, -0.15) is 0 Å². The van der Waals surface area contributed by atoms with Gasteiger partial charge in [0.2, 0.25) is 0 Å². The fourth-order valence-electron chi connectivity index (χ4n) is 1.25. The second-order valence-corrected chi connectivity index (χ2v) is 3.69. The molecule has 0 saturated carbocycles. The maximum Gasteiger partial charge on any atom is 0.123 e. The summed E-state index contributed by atoms with van der Waals surface area (Å²) < 4.78 is 0. The zero-order valence-corrected chi connectivity index (χ0v) is 6.99. The highest BCUT2D eigenvalue weighted by atomic mass is 35.5. The van der Waals surface area contributed by atoms with Crippen LogP contribution in [0.4, 0.5) is 0 Å². The summed E-state index contributed by atoms with van der Waals surface area (Å²) >= 11 is 11.4. The second-order valence-electron chi connectivity index (χ2n) is 2.52. The van der Waals surface area contributed by atoms with Crippen LogP contribution in [0.1, 0.15) is 12.8 Å². The molecule has 0 N–H and O–H groups in total. The lowest BCUT2D eigenvalue weighted by molar-refractivity contribution is 0.324.